The monoisotopic (exact) mass is 393 g/mol. The number of fused-ring (bicyclic) bond motifs is 1. The van der Waals surface area contributed by atoms with Gasteiger partial charge in [0.25, 0.3) is 0 Å². The maximum atomic E-state index is 9.26. The summed E-state index contributed by atoms with van der Waals surface area (Å²) in [4.78, 5) is 13.7. The van der Waals surface area contributed by atoms with Gasteiger partial charge in [0.05, 0.1) is 11.1 Å². The first-order valence-corrected chi connectivity index (χ1v) is 8.96. The lowest BCUT2D eigenvalue weighted by atomic mass is 10.2. The van der Waals surface area contributed by atoms with Gasteiger partial charge in [-0.15, -0.1) is 0 Å². The third-order valence-electron chi connectivity index (χ3n) is 4.47. The minimum Gasteiger partial charge on any atom is -0.353 e. The van der Waals surface area contributed by atoms with Gasteiger partial charge < -0.3 is 9.80 Å². The molecule has 124 valence electrons. The lowest BCUT2D eigenvalue weighted by molar-refractivity contribution is 0.642. The molecular formula is C19H16BrN5. The lowest BCUT2D eigenvalue weighted by Gasteiger charge is -2.36. The van der Waals surface area contributed by atoms with Gasteiger partial charge in [-0.05, 0) is 46.3 Å². The predicted molar refractivity (Wildman–Crippen MR) is 103 cm³/mol. The van der Waals surface area contributed by atoms with E-state index < -0.39 is 0 Å². The molecule has 3 heterocycles. The lowest BCUT2D eigenvalue weighted by Crippen LogP contribution is -2.47. The van der Waals surface area contributed by atoms with Crippen molar-refractivity contribution in [3.8, 4) is 6.07 Å². The van der Waals surface area contributed by atoms with Crippen LogP contribution in [0.4, 0.5) is 11.6 Å². The summed E-state index contributed by atoms with van der Waals surface area (Å²) in [6.07, 6.45) is 1.74. The highest BCUT2D eigenvalue weighted by molar-refractivity contribution is 9.10. The molecule has 0 aliphatic carbocycles. The number of anilines is 2. The van der Waals surface area contributed by atoms with Crippen molar-refractivity contribution in [2.75, 3.05) is 36.0 Å². The molecule has 1 aliphatic rings. The van der Waals surface area contributed by atoms with Crippen molar-refractivity contribution in [2.24, 2.45) is 0 Å². The highest BCUT2D eigenvalue weighted by atomic mass is 79.9. The summed E-state index contributed by atoms with van der Waals surface area (Å²) in [7, 11) is 0. The van der Waals surface area contributed by atoms with Gasteiger partial charge in [0, 0.05) is 42.2 Å². The number of benzene rings is 1. The van der Waals surface area contributed by atoms with Crippen LogP contribution in [0.2, 0.25) is 0 Å². The van der Waals surface area contributed by atoms with Gasteiger partial charge in [0.15, 0.2) is 0 Å². The van der Waals surface area contributed by atoms with Crippen LogP contribution >= 0.6 is 15.9 Å². The predicted octanol–water partition coefficient (Wildman–Crippen LogP) is 3.59. The van der Waals surface area contributed by atoms with Gasteiger partial charge in [-0.25, -0.2) is 9.97 Å². The van der Waals surface area contributed by atoms with Gasteiger partial charge in [-0.2, -0.15) is 5.26 Å². The minimum absolute atomic E-state index is 0.628. The average Bonchev–Trinajstić information content (AvgIpc) is 2.68. The van der Waals surface area contributed by atoms with E-state index in [4.69, 9.17) is 4.98 Å². The number of nitrogens with zero attached hydrogens (tertiary/aromatic N) is 5. The maximum Gasteiger partial charge on any atom is 0.146 e. The Balaban J connectivity index is 1.54. The molecular weight excluding hydrogens is 378 g/mol. The standard InChI is InChI=1S/C19H16BrN5/c20-16-5-1-3-14-6-7-17(23-18(14)16)24-9-11-25(12-10-24)19-15(13-21)4-2-8-22-19/h1-8H,9-12H2. The Morgan fingerprint density at radius 2 is 1.76 bits per heavy atom. The molecule has 5 nitrogen and oxygen atoms in total. The molecule has 1 fully saturated rings. The Kier molecular flexibility index (Phi) is 4.24. The van der Waals surface area contributed by atoms with Crippen molar-refractivity contribution in [1.29, 1.82) is 5.26 Å². The molecule has 3 aromatic rings. The molecule has 6 heteroatoms. The summed E-state index contributed by atoms with van der Waals surface area (Å²) in [6.45, 7) is 3.34. The molecule has 4 rings (SSSR count). The molecule has 0 spiro atoms. The van der Waals surface area contributed by atoms with Gasteiger partial charge in [-0.1, -0.05) is 12.1 Å². The van der Waals surface area contributed by atoms with Crippen LogP contribution in [0.25, 0.3) is 10.9 Å². The van der Waals surface area contributed by atoms with Crippen LogP contribution < -0.4 is 9.80 Å². The number of pyridine rings is 2. The zero-order chi connectivity index (χ0) is 17.2. The largest absolute Gasteiger partial charge is 0.353 e. The van der Waals surface area contributed by atoms with E-state index in [-0.39, 0.29) is 0 Å². The molecule has 1 saturated heterocycles. The molecule has 0 bridgehead atoms. The van der Waals surface area contributed by atoms with Crippen LogP contribution in [0.1, 0.15) is 5.56 Å². The van der Waals surface area contributed by atoms with Crippen LogP contribution in [-0.2, 0) is 0 Å². The first-order chi connectivity index (χ1) is 12.3. The summed E-state index contributed by atoms with van der Waals surface area (Å²) >= 11 is 3.58. The molecule has 2 aromatic heterocycles. The fourth-order valence-electron chi connectivity index (χ4n) is 3.16. The van der Waals surface area contributed by atoms with Crippen LogP contribution in [0.3, 0.4) is 0 Å². The summed E-state index contributed by atoms with van der Waals surface area (Å²) in [6, 6.07) is 16.1. The number of para-hydroxylation sites is 1. The molecule has 0 atom stereocenters. The quantitative estimate of drug-likeness (QED) is 0.665. The van der Waals surface area contributed by atoms with Crippen LogP contribution in [0.15, 0.2) is 53.1 Å². The van der Waals surface area contributed by atoms with Gasteiger partial charge >= 0.3 is 0 Å². The van der Waals surface area contributed by atoms with Crippen molar-refractivity contribution >= 4 is 38.5 Å². The number of hydrogen-bond acceptors (Lipinski definition) is 5. The Morgan fingerprint density at radius 3 is 2.56 bits per heavy atom. The normalized spacial score (nSPS) is 14.6. The fourth-order valence-corrected chi connectivity index (χ4v) is 3.63. The van der Waals surface area contributed by atoms with E-state index in [1.807, 2.05) is 18.2 Å². The molecule has 25 heavy (non-hydrogen) atoms. The van der Waals surface area contributed by atoms with E-state index in [1.54, 1.807) is 12.3 Å². The topological polar surface area (TPSA) is 56.1 Å². The molecule has 0 saturated carbocycles. The van der Waals surface area contributed by atoms with Crippen molar-refractivity contribution in [3.63, 3.8) is 0 Å². The van der Waals surface area contributed by atoms with Crippen LogP contribution in [-0.4, -0.2) is 36.1 Å². The summed E-state index contributed by atoms with van der Waals surface area (Å²) in [5, 5.41) is 10.4. The number of halogens is 1. The Hall–Kier alpha value is -2.65. The number of piperazine rings is 1. The summed E-state index contributed by atoms with van der Waals surface area (Å²) < 4.78 is 1.01. The number of aromatic nitrogens is 2. The second-order valence-corrected chi connectivity index (χ2v) is 6.80. The zero-order valence-electron chi connectivity index (χ0n) is 13.6. The molecule has 0 N–H and O–H groups in total. The van der Waals surface area contributed by atoms with Gasteiger partial charge in [0.1, 0.15) is 17.7 Å². The van der Waals surface area contributed by atoms with E-state index >= 15 is 0 Å². The third kappa shape index (κ3) is 3.03. The second kappa shape index (κ2) is 6.69. The van der Waals surface area contributed by atoms with E-state index in [0.29, 0.717) is 5.56 Å². The van der Waals surface area contributed by atoms with Crippen LogP contribution in [0.5, 0.6) is 0 Å². The Morgan fingerprint density at radius 1 is 0.960 bits per heavy atom. The third-order valence-corrected chi connectivity index (χ3v) is 5.11. The van der Waals surface area contributed by atoms with E-state index in [9.17, 15) is 5.26 Å². The highest BCUT2D eigenvalue weighted by Gasteiger charge is 2.21. The van der Waals surface area contributed by atoms with Crippen LogP contribution in [0, 0.1) is 11.3 Å². The molecule has 0 radical (unpaired) electrons. The SMILES string of the molecule is N#Cc1cccnc1N1CCN(c2ccc3cccc(Br)c3n2)CC1. The Labute approximate surface area is 154 Å². The van der Waals surface area contributed by atoms with Gasteiger partial charge in [0.2, 0.25) is 0 Å². The maximum absolute atomic E-state index is 9.26. The number of hydrogen-bond donors (Lipinski definition) is 0. The Bertz CT molecular complexity index is 957. The summed E-state index contributed by atoms with van der Waals surface area (Å²) in [5.74, 6) is 1.76. The molecule has 0 amide bonds. The fraction of sp³-hybridized carbons (Fsp3) is 0.211. The first kappa shape index (κ1) is 15.9. The van der Waals surface area contributed by atoms with Crippen molar-refractivity contribution in [1.82, 2.24) is 9.97 Å². The summed E-state index contributed by atoms with van der Waals surface area (Å²) in [5.41, 5.74) is 1.61. The van der Waals surface area contributed by atoms with Crippen molar-refractivity contribution in [2.45, 2.75) is 0 Å². The first-order valence-electron chi connectivity index (χ1n) is 8.16. The molecule has 1 aromatic carbocycles. The number of nitriles is 1. The molecule has 0 unspecified atom stereocenters. The van der Waals surface area contributed by atoms with Crippen molar-refractivity contribution < 1.29 is 0 Å². The number of rotatable bonds is 2. The highest BCUT2D eigenvalue weighted by Crippen LogP contribution is 2.26. The van der Waals surface area contributed by atoms with E-state index in [1.165, 1.54) is 0 Å². The van der Waals surface area contributed by atoms with Crippen molar-refractivity contribution in [3.05, 3.63) is 58.7 Å². The minimum atomic E-state index is 0.628. The average molecular weight is 394 g/mol. The van der Waals surface area contributed by atoms with Gasteiger partial charge in [-0.3, -0.25) is 0 Å². The zero-order valence-corrected chi connectivity index (χ0v) is 15.1. The van der Waals surface area contributed by atoms with E-state index in [2.05, 4.69) is 55.0 Å². The van der Waals surface area contributed by atoms with E-state index in [0.717, 1.165) is 53.2 Å². The second-order valence-electron chi connectivity index (χ2n) is 5.94. The molecule has 1 aliphatic heterocycles. The smallest absolute Gasteiger partial charge is 0.146 e.